The molecular weight excluding hydrogens is 202 g/mol. The van der Waals surface area contributed by atoms with E-state index in [1.54, 1.807) is 23.1 Å². The molecule has 0 amide bonds. The third-order valence-electron chi connectivity index (χ3n) is 2.51. The fraction of sp³-hybridized carbons (Fsp3) is 0.556. The van der Waals surface area contributed by atoms with Crippen molar-refractivity contribution in [1.82, 2.24) is 0 Å². The fourth-order valence-corrected chi connectivity index (χ4v) is 3.59. The van der Waals surface area contributed by atoms with E-state index in [0.717, 1.165) is 23.5 Å². The molecule has 1 saturated heterocycles. The second-order valence-electron chi connectivity index (χ2n) is 3.44. The van der Waals surface area contributed by atoms with Gasteiger partial charge in [0.05, 0.1) is 11.6 Å². The molecule has 2 nitrogen and oxygen atoms in total. The number of thioether (sulfide) groups is 1. The average molecular weight is 215 g/mol. The molecule has 2 heterocycles. The van der Waals surface area contributed by atoms with E-state index in [2.05, 4.69) is 0 Å². The second kappa shape index (κ2) is 3.61. The van der Waals surface area contributed by atoms with Gasteiger partial charge >= 0.3 is 0 Å². The van der Waals surface area contributed by atoms with Crippen LogP contribution in [0.5, 0.6) is 0 Å². The highest BCUT2D eigenvalue weighted by atomic mass is 32.2. The second-order valence-corrected chi connectivity index (χ2v) is 5.33. The fourth-order valence-electron chi connectivity index (χ4n) is 1.58. The van der Waals surface area contributed by atoms with Gasteiger partial charge in [-0.05, 0) is 34.6 Å². The van der Waals surface area contributed by atoms with Crippen LogP contribution in [0.4, 0.5) is 0 Å². The monoisotopic (exact) mass is 215 g/mol. The lowest BCUT2D eigenvalue weighted by Crippen LogP contribution is -2.40. The highest BCUT2D eigenvalue weighted by Gasteiger charge is 2.38. The number of hydrogen-bond donors (Lipinski definition) is 2. The molecule has 0 aromatic carbocycles. The van der Waals surface area contributed by atoms with E-state index in [1.165, 1.54) is 0 Å². The highest BCUT2D eigenvalue weighted by molar-refractivity contribution is 7.99. The Bertz CT molecular complexity index is 267. The van der Waals surface area contributed by atoms with Crippen LogP contribution < -0.4 is 5.73 Å². The molecule has 0 spiro atoms. The van der Waals surface area contributed by atoms with Gasteiger partial charge in [-0.3, -0.25) is 0 Å². The first-order valence-electron chi connectivity index (χ1n) is 4.30. The maximum absolute atomic E-state index is 10.2. The van der Waals surface area contributed by atoms with Crippen LogP contribution in [0.2, 0.25) is 0 Å². The number of thiophene rings is 1. The molecule has 0 aliphatic carbocycles. The number of nitrogens with two attached hydrogens (primary N) is 1. The Labute approximate surface area is 86.1 Å². The first-order chi connectivity index (χ1) is 6.22. The van der Waals surface area contributed by atoms with Crippen LogP contribution in [0.25, 0.3) is 0 Å². The maximum atomic E-state index is 10.2. The van der Waals surface area contributed by atoms with Crippen LogP contribution in [0.3, 0.4) is 0 Å². The molecule has 3 N–H and O–H groups in total. The molecule has 2 rings (SSSR count). The summed E-state index contributed by atoms with van der Waals surface area (Å²) in [4.78, 5) is 0. The van der Waals surface area contributed by atoms with Gasteiger partial charge in [0.1, 0.15) is 0 Å². The summed E-state index contributed by atoms with van der Waals surface area (Å²) in [5, 5.41) is 14.2. The quantitative estimate of drug-likeness (QED) is 0.788. The lowest BCUT2D eigenvalue weighted by Gasteiger charge is -2.28. The molecule has 1 aliphatic rings. The van der Waals surface area contributed by atoms with Crippen LogP contribution in [-0.4, -0.2) is 22.2 Å². The van der Waals surface area contributed by atoms with Crippen molar-refractivity contribution in [2.24, 2.45) is 5.73 Å². The van der Waals surface area contributed by atoms with Crippen LogP contribution >= 0.6 is 23.1 Å². The van der Waals surface area contributed by atoms with Gasteiger partial charge in [-0.1, -0.05) is 0 Å². The number of aliphatic hydroxyl groups is 1. The van der Waals surface area contributed by atoms with E-state index in [-0.39, 0.29) is 6.04 Å². The summed E-state index contributed by atoms with van der Waals surface area (Å²) in [6.45, 7) is 0. The molecule has 72 valence electrons. The highest BCUT2D eigenvalue weighted by Crippen LogP contribution is 2.37. The average Bonchev–Trinajstić information content (AvgIpc) is 2.73. The van der Waals surface area contributed by atoms with Crippen molar-refractivity contribution in [1.29, 1.82) is 0 Å². The molecule has 2 atom stereocenters. The number of hydrogen-bond acceptors (Lipinski definition) is 4. The summed E-state index contributed by atoms with van der Waals surface area (Å²) < 4.78 is 0. The zero-order valence-corrected chi connectivity index (χ0v) is 8.90. The Balaban J connectivity index is 2.16. The van der Waals surface area contributed by atoms with E-state index in [4.69, 9.17) is 5.73 Å². The minimum atomic E-state index is -0.675. The number of rotatable bonds is 2. The van der Waals surface area contributed by atoms with Crippen molar-refractivity contribution < 1.29 is 5.11 Å². The summed E-state index contributed by atoms with van der Waals surface area (Å²) in [5.74, 6) is 1.79. The Morgan fingerprint density at radius 1 is 1.62 bits per heavy atom. The van der Waals surface area contributed by atoms with Crippen LogP contribution in [0.15, 0.2) is 16.8 Å². The predicted octanol–water partition coefficient (Wildman–Crippen LogP) is 1.62. The summed E-state index contributed by atoms with van der Waals surface area (Å²) in [5.41, 5.74) is 6.41. The van der Waals surface area contributed by atoms with Crippen LogP contribution in [0, 0.1) is 0 Å². The van der Waals surface area contributed by atoms with Crippen molar-refractivity contribution in [3.05, 3.63) is 22.4 Å². The Hall–Kier alpha value is -0.0300. The summed E-state index contributed by atoms with van der Waals surface area (Å²) in [6, 6.07) is 1.78. The zero-order chi connectivity index (χ0) is 9.31. The van der Waals surface area contributed by atoms with Crippen LogP contribution in [-0.2, 0) is 0 Å². The molecule has 0 bridgehead atoms. The maximum Gasteiger partial charge on any atom is 0.0937 e. The third kappa shape index (κ3) is 1.76. The molecule has 0 saturated carbocycles. The van der Waals surface area contributed by atoms with E-state index in [0.29, 0.717) is 0 Å². The van der Waals surface area contributed by atoms with Crippen molar-refractivity contribution in [3.63, 3.8) is 0 Å². The van der Waals surface area contributed by atoms with Gasteiger partial charge in [-0.15, -0.1) is 0 Å². The first kappa shape index (κ1) is 9.52. The lowest BCUT2D eigenvalue weighted by molar-refractivity contribution is 0.0402. The summed E-state index contributed by atoms with van der Waals surface area (Å²) in [7, 11) is 0. The van der Waals surface area contributed by atoms with E-state index < -0.39 is 5.60 Å². The van der Waals surface area contributed by atoms with Gasteiger partial charge in [-0.2, -0.15) is 23.1 Å². The molecule has 1 aromatic heterocycles. The Morgan fingerprint density at radius 3 is 3.00 bits per heavy atom. The molecule has 13 heavy (non-hydrogen) atoms. The smallest absolute Gasteiger partial charge is 0.0937 e. The van der Waals surface area contributed by atoms with Gasteiger partial charge in [0, 0.05) is 5.75 Å². The normalized spacial score (nSPS) is 30.6. The first-order valence-corrected chi connectivity index (χ1v) is 6.40. The van der Waals surface area contributed by atoms with Crippen molar-refractivity contribution in [2.45, 2.75) is 18.1 Å². The van der Waals surface area contributed by atoms with E-state index in [9.17, 15) is 5.11 Å². The largest absolute Gasteiger partial charge is 0.387 e. The van der Waals surface area contributed by atoms with Gasteiger partial charge < -0.3 is 10.8 Å². The molecular formula is C9H13NOS2. The van der Waals surface area contributed by atoms with Gasteiger partial charge in [0.15, 0.2) is 0 Å². The third-order valence-corrected chi connectivity index (χ3v) is 4.41. The lowest BCUT2D eigenvalue weighted by atomic mass is 9.90. The van der Waals surface area contributed by atoms with Crippen LogP contribution in [0.1, 0.15) is 18.0 Å². The van der Waals surface area contributed by atoms with Gasteiger partial charge in [0.2, 0.25) is 0 Å². The molecule has 1 aliphatic heterocycles. The Morgan fingerprint density at radius 2 is 2.46 bits per heavy atom. The van der Waals surface area contributed by atoms with E-state index in [1.807, 2.05) is 16.8 Å². The zero-order valence-electron chi connectivity index (χ0n) is 7.27. The predicted molar refractivity (Wildman–Crippen MR) is 58.1 cm³/mol. The van der Waals surface area contributed by atoms with E-state index >= 15 is 0 Å². The molecule has 1 aromatic rings. The minimum absolute atomic E-state index is 0.214. The summed E-state index contributed by atoms with van der Waals surface area (Å²) >= 11 is 3.41. The Kier molecular flexibility index (Phi) is 2.65. The standard InChI is InChI=1S/C9H13NOS2/c10-8(7-1-3-12-5-7)9(11)2-4-13-6-9/h1,3,5,8,11H,2,4,6,10H2. The van der Waals surface area contributed by atoms with Crippen molar-refractivity contribution in [2.75, 3.05) is 11.5 Å². The molecule has 1 fully saturated rings. The summed E-state index contributed by atoms with van der Waals surface area (Å²) in [6.07, 6.45) is 0.814. The molecule has 4 heteroatoms. The van der Waals surface area contributed by atoms with Crippen molar-refractivity contribution in [3.8, 4) is 0 Å². The minimum Gasteiger partial charge on any atom is -0.387 e. The van der Waals surface area contributed by atoms with Crippen molar-refractivity contribution >= 4 is 23.1 Å². The van der Waals surface area contributed by atoms with Gasteiger partial charge in [-0.25, -0.2) is 0 Å². The molecule has 2 unspecified atom stereocenters. The topological polar surface area (TPSA) is 46.2 Å². The SMILES string of the molecule is NC(c1ccsc1)C1(O)CCSC1. The van der Waals surface area contributed by atoms with Gasteiger partial charge in [0.25, 0.3) is 0 Å². The molecule has 0 radical (unpaired) electrons.